The van der Waals surface area contributed by atoms with Crippen molar-refractivity contribution in [2.45, 2.75) is 36.1 Å². The van der Waals surface area contributed by atoms with Gasteiger partial charge in [-0.3, -0.25) is 0 Å². The molecule has 0 fully saturated rings. The van der Waals surface area contributed by atoms with Crippen molar-refractivity contribution in [1.82, 2.24) is 0 Å². The smallest absolute Gasteiger partial charge is 0.744 e. The van der Waals surface area contributed by atoms with Crippen LogP contribution in [-0.2, 0) is 20.2 Å². The standard InChI is InChI=1S/C11H15NO7S2.2Na/c1-11(2,3)12(13)7-8-4-5-9(20(14,15)16)6-10(8)21(17,18)19;;/h4-7H,1-3H3,(H,14,15,16)(H,17,18,19);;/q;2*+1/p-2/b12-7-;;/i7+2;;. The van der Waals surface area contributed by atoms with E-state index < -0.39 is 35.6 Å². The van der Waals surface area contributed by atoms with E-state index in [0.717, 1.165) is 18.3 Å². The Hall–Kier alpha value is 0.510. The van der Waals surface area contributed by atoms with Crippen LogP contribution >= 0.6 is 0 Å². The van der Waals surface area contributed by atoms with E-state index >= 15 is 0 Å². The molecule has 1 aromatic rings. The summed E-state index contributed by atoms with van der Waals surface area (Å²) in [5, 5.41) is 11.8. The Kier molecular flexibility index (Phi) is 9.79. The molecule has 12 heteroatoms. The summed E-state index contributed by atoms with van der Waals surface area (Å²) in [6, 6.07) is 2.21. The summed E-state index contributed by atoms with van der Waals surface area (Å²) in [6.45, 7) is 4.66. The van der Waals surface area contributed by atoms with E-state index in [1.807, 2.05) is 0 Å². The predicted octanol–water partition coefficient (Wildman–Crippen LogP) is -5.77. The van der Waals surface area contributed by atoms with Gasteiger partial charge in [-0.15, -0.1) is 0 Å². The van der Waals surface area contributed by atoms with E-state index in [1.165, 1.54) is 0 Å². The second-order valence-electron chi connectivity index (χ2n) is 5.23. The zero-order valence-corrected chi connectivity index (χ0v) is 19.1. The minimum Gasteiger partial charge on any atom is -0.744 e. The number of hydroxylamine groups is 1. The summed E-state index contributed by atoms with van der Waals surface area (Å²) in [6.07, 6.45) is 0.853. The Morgan fingerprint density at radius 3 is 1.83 bits per heavy atom. The molecule has 0 bridgehead atoms. The maximum absolute atomic E-state index is 11.8. The third-order valence-corrected chi connectivity index (χ3v) is 4.18. The van der Waals surface area contributed by atoms with E-state index in [0.29, 0.717) is 10.8 Å². The van der Waals surface area contributed by atoms with Crippen LogP contribution in [0.25, 0.3) is 0 Å². The molecule has 0 atom stereocenters. The minimum atomic E-state index is -5.06. The van der Waals surface area contributed by atoms with Crippen molar-refractivity contribution in [1.29, 1.82) is 0 Å². The normalized spacial score (nSPS) is 13.0. The Balaban J connectivity index is 0. The molecule has 0 heterocycles. The van der Waals surface area contributed by atoms with Crippen LogP contribution in [0.3, 0.4) is 0 Å². The Bertz CT molecular complexity index is 796. The van der Waals surface area contributed by atoms with Gasteiger partial charge in [-0.05, 0) is 18.2 Å². The second kappa shape index (κ2) is 8.75. The van der Waals surface area contributed by atoms with Gasteiger partial charge in [0.1, 0.15) is 20.2 Å². The van der Waals surface area contributed by atoms with Crippen molar-refractivity contribution in [3.05, 3.63) is 29.0 Å². The van der Waals surface area contributed by atoms with E-state index in [2.05, 4.69) is 0 Å². The summed E-state index contributed by atoms with van der Waals surface area (Å²) in [5.41, 5.74) is -1.19. The number of nitrogens with zero attached hydrogens (tertiary/aromatic N) is 1. The fraction of sp³-hybridized carbons (Fsp3) is 0.364. The third kappa shape index (κ3) is 7.51. The molecule has 0 N–H and O–H groups in total. The van der Waals surface area contributed by atoms with Crippen molar-refractivity contribution in [2.24, 2.45) is 0 Å². The first kappa shape index (κ1) is 25.7. The molecule has 23 heavy (non-hydrogen) atoms. The second-order valence-corrected chi connectivity index (χ2v) is 7.96. The zero-order valence-electron chi connectivity index (χ0n) is 13.4. The summed E-state index contributed by atoms with van der Waals surface area (Å²) in [4.78, 5) is -1.80. The molecule has 1 rings (SSSR count). The van der Waals surface area contributed by atoms with Crippen molar-refractivity contribution in [2.75, 3.05) is 0 Å². The van der Waals surface area contributed by atoms with Gasteiger partial charge in [-0.25, -0.2) is 21.6 Å². The first-order valence-electron chi connectivity index (χ1n) is 5.60. The average Bonchev–Trinajstić information content (AvgIpc) is 2.25. The molecule has 0 aliphatic heterocycles. The van der Waals surface area contributed by atoms with Crippen molar-refractivity contribution in [3.63, 3.8) is 0 Å². The average molecular weight is 383 g/mol. The van der Waals surface area contributed by atoms with Gasteiger partial charge in [0, 0.05) is 20.8 Å². The fourth-order valence-corrected chi connectivity index (χ4v) is 2.57. The van der Waals surface area contributed by atoms with Gasteiger partial charge >= 0.3 is 59.1 Å². The molecule has 0 saturated heterocycles. The summed E-state index contributed by atoms with van der Waals surface area (Å²) in [7, 11) is -9.98. The van der Waals surface area contributed by atoms with Gasteiger partial charge in [0.25, 0.3) is 0 Å². The minimum absolute atomic E-state index is 0. The van der Waals surface area contributed by atoms with Crippen LogP contribution in [0.4, 0.5) is 0 Å². The maximum atomic E-state index is 11.8. The van der Waals surface area contributed by atoms with Crippen LogP contribution in [-0.4, -0.2) is 42.4 Å². The maximum Gasteiger partial charge on any atom is 1.00 e. The predicted molar refractivity (Wildman–Crippen MR) is 70.9 cm³/mol. The van der Waals surface area contributed by atoms with Gasteiger partial charge in [-0.1, -0.05) is 0 Å². The van der Waals surface area contributed by atoms with Gasteiger partial charge < -0.3 is 14.3 Å². The molecule has 0 aromatic heterocycles. The molecule has 0 aliphatic carbocycles. The van der Waals surface area contributed by atoms with Crippen LogP contribution in [0.2, 0.25) is 0 Å². The molecular formula is C11H13NNa2O7S2. The Morgan fingerprint density at radius 1 is 1.00 bits per heavy atom. The first-order chi connectivity index (χ1) is 9.23. The molecule has 1 aromatic carbocycles. The van der Waals surface area contributed by atoms with Crippen LogP contribution in [0.5, 0.6) is 0 Å². The van der Waals surface area contributed by atoms with Crippen LogP contribution in [0.15, 0.2) is 28.0 Å². The van der Waals surface area contributed by atoms with E-state index in [9.17, 15) is 31.1 Å². The van der Waals surface area contributed by atoms with Crippen molar-refractivity contribution in [3.8, 4) is 0 Å². The number of hydrogen-bond acceptors (Lipinski definition) is 7. The molecule has 0 saturated carbocycles. The van der Waals surface area contributed by atoms with Gasteiger partial charge in [0.05, 0.1) is 15.4 Å². The summed E-state index contributed by atoms with van der Waals surface area (Å²) >= 11 is 0. The molecule has 0 radical (unpaired) electrons. The van der Waals surface area contributed by atoms with Crippen LogP contribution < -0.4 is 59.1 Å². The monoisotopic (exact) mass is 383 g/mol. The SMILES string of the molecule is CC(C)(C)/[N+]([O-])=[14CH]/c1ccc(S(=O)(=O)[O-])cc1S(=O)(=O)[O-].[Na+].[Na+]. The van der Waals surface area contributed by atoms with Crippen LogP contribution in [0, 0.1) is 5.21 Å². The van der Waals surface area contributed by atoms with Gasteiger partial charge in [-0.2, -0.15) is 0 Å². The molecule has 0 aliphatic rings. The fourth-order valence-electron chi connectivity index (χ4n) is 1.31. The van der Waals surface area contributed by atoms with E-state index in [4.69, 9.17) is 0 Å². The molecule has 0 spiro atoms. The summed E-state index contributed by atoms with van der Waals surface area (Å²) in [5.74, 6) is 0. The first-order valence-corrected chi connectivity index (χ1v) is 8.42. The van der Waals surface area contributed by atoms with Crippen LogP contribution in [0.1, 0.15) is 26.3 Å². The molecule has 0 unspecified atom stereocenters. The number of rotatable bonds is 3. The Labute approximate surface area is 179 Å². The largest absolute Gasteiger partial charge is 1.00 e. The van der Waals surface area contributed by atoms with Crippen molar-refractivity contribution >= 4 is 26.5 Å². The van der Waals surface area contributed by atoms with E-state index in [-0.39, 0.29) is 64.7 Å². The quantitative estimate of drug-likeness (QED) is 0.126. The molecule has 118 valence electrons. The molecule has 8 nitrogen and oxygen atoms in total. The van der Waals surface area contributed by atoms with Gasteiger partial charge in [0.2, 0.25) is 0 Å². The number of benzene rings is 1. The number of hydrogen-bond donors (Lipinski definition) is 0. The van der Waals surface area contributed by atoms with E-state index in [1.54, 1.807) is 20.8 Å². The molecule has 0 amide bonds. The summed E-state index contributed by atoms with van der Waals surface area (Å²) < 4.78 is 66.5. The van der Waals surface area contributed by atoms with Crippen molar-refractivity contribution < 1.29 is 89.8 Å². The topological polar surface area (TPSA) is 140 Å². The molecular weight excluding hydrogens is 370 g/mol. The third-order valence-electron chi connectivity index (χ3n) is 2.46. The zero-order chi connectivity index (χ0) is 16.6. The van der Waals surface area contributed by atoms with Gasteiger partial charge in [0.15, 0.2) is 11.8 Å². The Morgan fingerprint density at radius 2 is 1.48 bits per heavy atom.